The minimum absolute atomic E-state index is 0.0725. The summed E-state index contributed by atoms with van der Waals surface area (Å²) in [5, 5.41) is 0. The number of hydrogen-bond acceptors (Lipinski definition) is 3. The number of esters is 1. The highest BCUT2D eigenvalue weighted by molar-refractivity contribution is 5.69. The van der Waals surface area contributed by atoms with E-state index < -0.39 is 0 Å². The normalized spacial score (nSPS) is 15.9. The van der Waals surface area contributed by atoms with Crippen LogP contribution in [0.15, 0.2) is 60.7 Å². The van der Waals surface area contributed by atoms with Gasteiger partial charge in [-0.3, -0.25) is 4.79 Å². The molecule has 1 saturated heterocycles. The Morgan fingerprint density at radius 1 is 1.00 bits per heavy atom. The van der Waals surface area contributed by atoms with Crippen LogP contribution in [0.5, 0.6) is 0 Å². The van der Waals surface area contributed by atoms with Crippen molar-refractivity contribution < 1.29 is 9.53 Å². The van der Waals surface area contributed by atoms with E-state index in [2.05, 4.69) is 65.6 Å². The molecule has 2 aromatic carbocycles. The maximum absolute atomic E-state index is 11.5. The van der Waals surface area contributed by atoms with Gasteiger partial charge in [-0.05, 0) is 55.9 Å². The second kappa shape index (κ2) is 9.54. The number of likely N-dealkylation sites (tertiary alicyclic amines) is 1. The van der Waals surface area contributed by atoms with Crippen LogP contribution < -0.4 is 0 Å². The van der Waals surface area contributed by atoms with Crippen LogP contribution in [0.1, 0.15) is 42.7 Å². The molecule has 0 bridgehead atoms. The fourth-order valence-corrected chi connectivity index (χ4v) is 3.94. The Morgan fingerprint density at radius 2 is 1.54 bits per heavy atom. The van der Waals surface area contributed by atoms with Crippen LogP contribution in [0, 0.1) is 5.92 Å². The van der Waals surface area contributed by atoms with Crippen molar-refractivity contribution in [2.75, 3.05) is 26.7 Å². The standard InChI is InChI=1S/C23H29NO2/c1-26-23(25)18-19-12-15-24(16-13-19)17-14-22(20-8-4-2-5-9-20)21-10-6-3-7-11-21/h2-11,19,22H,12-18H2,1H3. The van der Waals surface area contributed by atoms with E-state index in [1.165, 1.54) is 18.2 Å². The Hall–Kier alpha value is -2.13. The first-order chi connectivity index (χ1) is 12.8. The van der Waals surface area contributed by atoms with E-state index in [0.717, 1.165) is 38.9 Å². The van der Waals surface area contributed by atoms with Gasteiger partial charge in [-0.2, -0.15) is 0 Å². The molecule has 0 N–H and O–H groups in total. The SMILES string of the molecule is COC(=O)CC1CCN(CCC(c2ccccc2)c2ccccc2)CC1. The summed E-state index contributed by atoms with van der Waals surface area (Å²) in [6.07, 6.45) is 3.88. The van der Waals surface area contributed by atoms with E-state index in [-0.39, 0.29) is 5.97 Å². The van der Waals surface area contributed by atoms with Gasteiger partial charge in [0.15, 0.2) is 0 Å². The first-order valence-corrected chi connectivity index (χ1v) is 9.65. The average Bonchev–Trinajstić information content (AvgIpc) is 2.71. The number of piperidine rings is 1. The molecule has 0 saturated carbocycles. The molecule has 0 amide bonds. The predicted molar refractivity (Wildman–Crippen MR) is 105 cm³/mol. The van der Waals surface area contributed by atoms with Gasteiger partial charge in [-0.1, -0.05) is 60.7 Å². The molecule has 0 spiro atoms. The number of nitrogens with zero attached hydrogens (tertiary/aromatic N) is 1. The lowest BCUT2D eigenvalue weighted by molar-refractivity contribution is -0.142. The number of methoxy groups -OCH3 is 1. The van der Waals surface area contributed by atoms with Crippen LogP contribution in [-0.2, 0) is 9.53 Å². The minimum atomic E-state index is -0.0725. The van der Waals surface area contributed by atoms with Gasteiger partial charge in [0.25, 0.3) is 0 Å². The zero-order valence-corrected chi connectivity index (χ0v) is 15.6. The summed E-state index contributed by atoms with van der Waals surface area (Å²) in [4.78, 5) is 14.0. The molecule has 3 heteroatoms. The Labute approximate surface area is 157 Å². The highest BCUT2D eigenvalue weighted by atomic mass is 16.5. The Morgan fingerprint density at radius 3 is 2.04 bits per heavy atom. The predicted octanol–water partition coefficient (Wildman–Crippen LogP) is 4.48. The van der Waals surface area contributed by atoms with E-state index in [4.69, 9.17) is 4.74 Å². The molecule has 3 rings (SSSR count). The molecule has 0 atom stereocenters. The van der Waals surface area contributed by atoms with Crippen molar-refractivity contribution in [2.24, 2.45) is 5.92 Å². The summed E-state index contributed by atoms with van der Waals surface area (Å²) in [5.74, 6) is 0.847. The van der Waals surface area contributed by atoms with Crippen molar-refractivity contribution in [3.63, 3.8) is 0 Å². The van der Waals surface area contributed by atoms with Crippen molar-refractivity contribution in [3.8, 4) is 0 Å². The molecular formula is C23H29NO2. The van der Waals surface area contributed by atoms with Crippen LogP contribution in [-0.4, -0.2) is 37.6 Å². The van der Waals surface area contributed by atoms with Crippen LogP contribution in [0.4, 0.5) is 0 Å². The van der Waals surface area contributed by atoms with Crippen molar-refractivity contribution in [1.29, 1.82) is 0 Å². The molecule has 26 heavy (non-hydrogen) atoms. The molecule has 1 fully saturated rings. The topological polar surface area (TPSA) is 29.5 Å². The minimum Gasteiger partial charge on any atom is -0.469 e. The smallest absolute Gasteiger partial charge is 0.305 e. The van der Waals surface area contributed by atoms with Gasteiger partial charge in [-0.25, -0.2) is 0 Å². The van der Waals surface area contributed by atoms with Crippen LogP contribution >= 0.6 is 0 Å². The molecule has 2 aromatic rings. The summed E-state index contributed by atoms with van der Waals surface area (Å²) in [7, 11) is 1.48. The number of rotatable bonds is 7. The van der Waals surface area contributed by atoms with Crippen LogP contribution in [0.2, 0.25) is 0 Å². The number of carbonyl (C=O) groups excluding carboxylic acids is 1. The summed E-state index contributed by atoms with van der Waals surface area (Å²) >= 11 is 0. The van der Waals surface area contributed by atoms with E-state index in [9.17, 15) is 4.79 Å². The van der Waals surface area contributed by atoms with E-state index >= 15 is 0 Å². The summed E-state index contributed by atoms with van der Waals surface area (Å²) in [6.45, 7) is 3.26. The Kier molecular flexibility index (Phi) is 6.84. The molecule has 1 heterocycles. The van der Waals surface area contributed by atoms with Gasteiger partial charge in [0.2, 0.25) is 0 Å². The third kappa shape index (κ3) is 5.18. The van der Waals surface area contributed by atoms with Gasteiger partial charge in [0.05, 0.1) is 7.11 Å². The number of hydrogen-bond donors (Lipinski definition) is 0. The Bertz CT molecular complexity index is 624. The molecule has 138 valence electrons. The van der Waals surface area contributed by atoms with Crippen molar-refractivity contribution in [1.82, 2.24) is 4.90 Å². The highest BCUT2D eigenvalue weighted by Crippen LogP contribution is 2.29. The third-order valence-electron chi connectivity index (χ3n) is 5.53. The van der Waals surface area contributed by atoms with Gasteiger partial charge in [0.1, 0.15) is 0 Å². The number of carbonyl (C=O) groups is 1. The van der Waals surface area contributed by atoms with Gasteiger partial charge in [-0.15, -0.1) is 0 Å². The monoisotopic (exact) mass is 351 g/mol. The lowest BCUT2D eigenvalue weighted by atomic mass is 9.87. The lowest BCUT2D eigenvalue weighted by Gasteiger charge is -2.32. The maximum Gasteiger partial charge on any atom is 0.305 e. The zero-order chi connectivity index (χ0) is 18.2. The van der Waals surface area contributed by atoms with E-state index in [0.29, 0.717) is 18.3 Å². The summed E-state index contributed by atoms with van der Waals surface area (Å²) in [5.41, 5.74) is 2.78. The molecule has 3 nitrogen and oxygen atoms in total. The molecular weight excluding hydrogens is 322 g/mol. The van der Waals surface area contributed by atoms with E-state index in [1.54, 1.807) is 0 Å². The second-order valence-corrected chi connectivity index (χ2v) is 7.23. The maximum atomic E-state index is 11.5. The third-order valence-corrected chi connectivity index (χ3v) is 5.53. The second-order valence-electron chi connectivity index (χ2n) is 7.23. The largest absolute Gasteiger partial charge is 0.469 e. The first kappa shape index (κ1) is 18.7. The molecule has 0 aromatic heterocycles. The molecule has 0 aliphatic carbocycles. The number of benzene rings is 2. The van der Waals surface area contributed by atoms with Crippen molar-refractivity contribution >= 4 is 5.97 Å². The fourth-order valence-electron chi connectivity index (χ4n) is 3.94. The van der Waals surface area contributed by atoms with E-state index in [1.807, 2.05) is 0 Å². The summed E-state index contributed by atoms with van der Waals surface area (Å²) in [6, 6.07) is 21.6. The van der Waals surface area contributed by atoms with Crippen LogP contribution in [0.25, 0.3) is 0 Å². The van der Waals surface area contributed by atoms with Gasteiger partial charge < -0.3 is 9.64 Å². The zero-order valence-electron chi connectivity index (χ0n) is 15.6. The Balaban J connectivity index is 1.57. The molecule has 1 aliphatic heterocycles. The number of ether oxygens (including phenoxy) is 1. The van der Waals surface area contributed by atoms with Crippen molar-refractivity contribution in [2.45, 2.75) is 31.6 Å². The van der Waals surface area contributed by atoms with Crippen molar-refractivity contribution in [3.05, 3.63) is 71.8 Å². The lowest BCUT2D eigenvalue weighted by Crippen LogP contribution is -2.35. The van der Waals surface area contributed by atoms with Gasteiger partial charge in [0, 0.05) is 12.3 Å². The summed E-state index contributed by atoms with van der Waals surface area (Å²) < 4.78 is 4.80. The molecule has 0 unspecified atom stereocenters. The van der Waals surface area contributed by atoms with Crippen LogP contribution in [0.3, 0.4) is 0 Å². The quantitative estimate of drug-likeness (QED) is 0.689. The molecule has 1 aliphatic rings. The first-order valence-electron chi connectivity index (χ1n) is 9.65. The molecule has 0 radical (unpaired) electrons. The highest BCUT2D eigenvalue weighted by Gasteiger charge is 2.23. The fraction of sp³-hybridized carbons (Fsp3) is 0.435. The van der Waals surface area contributed by atoms with Gasteiger partial charge >= 0.3 is 5.97 Å². The average molecular weight is 351 g/mol.